The van der Waals surface area contributed by atoms with E-state index in [4.69, 9.17) is 35.7 Å². The Morgan fingerprint density at radius 3 is 0.889 bits per heavy atom. The van der Waals surface area contributed by atoms with Gasteiger partial charge in [0, 0.05) is 0 Å². The van der Waals surface area contributed by atoms with Gasteiger partial charge in [-0.2, -0.15) is 0 Å². The first kappa shape index (κ1) is 19.8. The maximum absolute atomic E-state index is 8.59. The molecule has 0 saturated carbocycles. The van der Waals surface area contributed by atoms with Gasteiger partial charge in [-0.15, -0.1) is 6.58 Å². The fraction of sp³-hybridized carbons (Fsp3) is 0.818. The summed E-state index contributed by atoms with van der Waals surface area (Å²) in [7, 11) is 0. The third kappa shape index (κ3) is 5.87. The average Bonchev–Trinajstić information content (AvgIpc) is 2.46. The van der Waals surface area contributed by atoms with Gasteiger partial charge >= 0.3 is 0 Å². The van der Waals surface area contributed by atoms with Gasteiger partial charge in [-0.25, -0.2) is 0 Å². The van der Waals surface area contributed by atoms with Crippen LogP contribution in [0.1, 0.15) is 0 Å². The molecule has 0 fully saturated rings. The molecule has 0 aromatic heterocycles. The maximum atomic E-state index is 8.59. The quantitative estimate of drug-likeness (QED) is 0.234. The lowest BCUT2D eigenvalue weighted by molar-refractivity contribution is -0.0328. The van der Waals surface area contributed by atoms with E-state index >= 15 is 0 Å². The van der Waals surface area contributed by atoms with Crippen LogP contribution in [-0.4, -0.2) is 82.0 Å². The highest BCUT2D eigenvalue weighted by Gasteiger charge is 2.26. The molecule has 18 heavy (non-hydrogen) atoms. The molecule has 0 aliphatic heterocycles. The van der Waals surface area contributed by atoms with Gasteiger partial charge in [-0.1, -0.05) is 6.08 Å². The van der Waals surface area contributed by atoms with Gasteiger partial charge in [-0.3, -0.25) is 0 Å². The Kier molecular flexibility index (Phi) is 11.4. The summed E-state index contributed by atoms with van der Waals surface area (Å²) in [5.74, 6) is 0. The second-order valence-electron chi connectivity index (χ2n) is 4.17. The normalized spacial score (nSPS) is 11.7. The molecule has 0 aliphatic carbocycles. The monoisotopic (exact) mass is 268 g/mol. The van der Waals surface area contributed by atoms with Gasteiger partial charge in [0.15, 0.2) is 0 Å². The highest BCUT2D eigenvalue weighted by atomic mass is 16.3. The molecule has 0 unspecified atom stereocenters. The van der Waals surface area contributed by atoms with Crippen molar-refractivity contribution in [3.05, 3.63) is 12.7 Å². The fourth-order valence-electron chi connectivity index (χ4n) is 0.644. The van der Waals surface area contributed by atoms with E-state index in [9.17, 15) is 0 Å². The standard InChI is InChI=1S/C6H12O3.C5H12O4/c1-2-6(3-7,4-8)5-9;6-1-5(2-7,3-8)4-9/h2,7-9H,1,3-5H2;6-9H,1-4H2. The van der Waals surface area contributed by atoms with E-state index in [0.717, 1.165) is 0 Å². The molecule has 7 nitrogen and oxygen atoms in total. The minimum absolute atomic E-state index is 0.274. The van der Waals surface area contributed by atoms with Crippen LogP contribution in [0, 0.1) is 10.8 Å². The van der Waals surface area contributed by atoms with Crippen molar-refractivity contribution < 1.29 is 35.7 Å². The Bertz CT molecular complexity index is 174. The third-order valence-electron chi connectivity index (χ3n) is 2.72. The minimum Gasteiger partial charge on any atom is -0.396 e. The smallest absolute Gasteiger partial charge is 0.0627 e. The summed E-state index contributed by atoms with van der Waals surface area (Å²) in [4.78, 5) is 0. The zero-order chi connectivity index (χ0) is 14.7. The molecule has 0 bridgehead atoms. The minimum atomic E-state index is -1.11. The molecule has 0 saturated heterocycles. The number of rotatable bonds is 8. The number of hydrogen-bond acceptors (Lipinski definition) is 7. The SMILES string of the molecule is C=CC(CO)(CO)CO.OCC(CO)(CO)CO. The molecule has 0 atom stereocenters. The van der Waals surface area contributed by atoms with Crippen LogP contribution in [0.5, 0.6) is 0 Å². The van der Waals surface area contributed by atoms with Crippen LogP contribution >= 0.6 is 0 Å². The summed E-state index contributed by atoms with van der Waals surface area (Å²) in [6, 6.07) is 0. The van der Waals surface area contributed by atoms with E-state index < -0.39 is 37.3 Å². The second kappa shape index (κ2) is 10.4. The summed E-state index contributed by atoms with van der Waals surface area (Å²) < 4.78 is 0. The van der Waals surface area contributed by atoms with Crippen molar-refractivity contribution in [2.75, 3.05) is 46.2 Å². The summed E-state index contributed by atoms with van der Waals surface area (Å²) in [5.41, 5.74) is -2.01. The van der Waals surface area contributed by atoms with Gasteiger partial charge in [0.25, 0.3) is 0 Å². The van der Waals surface area contributed by atoms with Crippen molar-refractivity contribution in [2.24, 2.45) is 10.8 Å². The average molecular weight is 268 g/mol. The van der Waals surface area contributed by atoms with Gasteiger partial charge in [0.1, 0.15) is 0 Å². The van der Waals surface area contributed by atoms with E-state index in [0.29, 0.717) is 0 Å². The first-order chi connectivity index (χ1) is 8.49. The maximum Gasteiger partial charge on any atom is 0.0627 e. The predicted molar refractivity (Wildman–Crippen MR) is 64.7 cm³/mol. The molecule has 7 N–H and O–H groups in total. The van der Waals surface area contributed by atoms with E-state index in [1.165, 1.54) is 6.08 Å². The largest absolute Gasteiger partial charge is 0.396 e. The van der Waals surface area contributed by atoms with Crippen LogP contribution in [0.15, 0.2) is 12.7 Å². The molecule has 110 valence electrons. The molecular weight excluding hydrogens is 244 g/mol. The van der Waals surface area contributed by atoms with Crippen LogP contribution in [0.3, 0.4) is 0 Å². The van der Waals surface area contributed by atoms with Crippen molar-refractivity contribution in [3.8, 4) is 0 Å². The second-order valence-corrected chi connectivity index (χ2v) is 4.17. The zero-order valence-corrected chi connectivity index (χ0v) is 10.4. The van der Waals surface area contributed by atoms with Crippen molar-refractivity contribution in [1.82, 2.24) is 0 Å². The van der Waals surface area contributed by atoms with Gasteiger partial charge in [0.2, 0.25) is 0 Å². The Morgan fingerprint density at radius 1 is 0.611 bits per heavy atom. The first-order valence-electron chi connectivity index (χ1n) is 5.39. The van der Waals surface area contributed by atoms with Crippen LogP contribution in [0.2, 0.25) is 0 Å². The molecule has 0 aliphatic rings. The number of aliphatic hydroxyl groups is 7. The number of aliphatic hydroxyl groups excluding tert-OH is 7. The van der Waals surface area contributed by atoms with Crippen LogP contribution in [0.4, 0.5) is 0 Å². The lowest BCUT2D eigenvalue weighted by Crippen LogP contribution is -2.37. The van der Waals surface area contributed by atoms with E-state index in [1.54, 1.807) is 0 Å². The number of hydrogen-bond donors (Lipinski definition) is 7. The van der Waals surface area contributed by atoms with Crippen molar-refractivity contribution in [2.45, 2.75) is 0 Å². The van der Waals surface area contributed by atoms with Gasteiger partial charge in [-0.05, 0) is 0 Å². The Labute approximate surface area is 106 Å². The lowest BCUT2D eigenvalue weighted by Gasteiger charge is -2.23. The highest BCUT2D eigenvalue weighted by Crippen LogP contribution is 2.14. The summed E-state index contributed by atoms with van der Waals surface area (Å²) >= 11 is 0. The van der Waals surface area contributed by atoms with Gasteiger partial charge < -0.3 is 35.7 Å². The summed E-state index contributed by atoms with van der Waals surface area (Å²) in [6.45, 7) is 0.918. The summed E-state index contributed by atoms with van der Waals surface area (Å²) in [5, 5.41) is 59.7. The summed E-state index contributed by atoms with van der Waals surface area (Å²) in [6.07, 6.45) is 1.35. The molecule has 0 heterocycles. The predicted octanol–water partition coefficient (Wildman–Crippen LogP) is -2.92. The molecule has 0 aromatic rings. The fourth-order valence-corrected chi connectivity index (χ4v) is 0.644. The van der Waals surface area contributed by atoms with Crippen LogP contribution in [0.25, 0.3) is 0 Å². The molecule has 0 radical (unpaired) electrons. The van der Waals surface area contributed by atoms with E-state index in [2.05, 4.69) is 6.58 Å². The van der Waals surface area contributed by atoms with Crippen molar-refractivity contribution in [1.29, 1.82) is 0 Å². The Balaban J connectivity index is 0. The Hall–Kier alpha value is -0.540. The Morgan fingerprint density at radius 2 is 0.889 bits per heavy atom. The van der Waals surface area contributed by atoms with Crippen molar-refractivity contribution >= 4 is 0 Å². The lowest BCUT2D eigenvalue weighted by atomic mass is 9.92. The molecule has 7 heteroatoms. The van der Waals surface area contributed by atoms with Crippen LogP contribution < -0.4 is 0 Å². The van der Waals surface area contributed by atoms with Crippen LogP contribution in [-0.2, 0) is 0 Å². The van der Waals surface area contributed by atoms with E-state index in [1.807, 2.05) is 0 Å². The van der Waals surface area contributed by atoms with Crippen molar-refractivity contribution in [3.63, 3.8) is 0 Å². The van der Waals surface area contributed by atoms with E-state index in [-0.39, 0.29) is 19.8 Å². The molecule has 0 amide bonds. The first-order valence-corrected chi connectivity index (χ1v) is 5.39. The molecule has 0 aromatic carbocycles. The zero-order valence-electron chi connectivity index (χ0n) is 10.4. The molecule has 0 spiro atoms. The highest BCUT2D eigenvalue weighted by molar-refractivity contribution is 4.93. The molecule has 0 rings (SSSR count). The third-order valence-corrected chi connectivity index (χ3v) is 2.72. The topological polar surface area (TPSA) is 142 Å². The molecular formula is C11H24O7. The van der Waals surface area contributed by atoms with Gasteiger partial charge in [0.05, 0.1) is 57.1 Å².